The number of nitrogens with one attached hydrogen (secondary N) is 1. The van der Waals surface area contributed by atoms with Crippen LogP contribution in [0, 0.1) is 6.92 Å². The normalized spacial score (nSPS) is 30.4. The Bertz CT molecular complexity index is 460. The lowest BCUT2D eigenvalue weighted by molar-refractivity contribution is 0.122. The molecule has 1 aromatic rings. The first kappa shape index (κ1) is 14.4. The minimum absolute atomic E-state index is 0.0141. The zero-order valence-corrected chi connectivity index (χ0v) is 13.1. The van der Waals surface area contributed by atoms with E-state index in [1.807, 2.05) is 11.8 Å². The fraction of sp³-hybridized carbons (Fsp3) is 0.647. The van der Waals surface area contributed by atoms with Crippen LogP contribution in [0.25, 0.3) is 0 Å². The third-order valence-electron chi connectivity index (χ3n) is 4.58. The lowest BCUT2D eigenvalue weighted by Gasteiger charge is -2.40. The van der Waals surface area contributed by atoms with Gasteiger partial charge in [0, 0.05) is 21.7 Å². The van der Waals surface area contributed by atoms with Crippen molar-refractivity contribution < 1.29 is 5.11 Å². The summed E-state index contributed by atoms with van der Waals surface area (Å²) in [5, 5.41) is 14.2. The maximum Gasteiger partial charge on any atom is 0.0613 e. The van der Waals surface area contributed by atoms with E-state index in [-0.39, 0.29) is 12.1 Å². The van der Waals surface area contributed by atoms with Gasteiger partial charge in [-0.3, -0.25) is 0 Å². The Balaban J connectivity index is 1.66. The first-order chi connectivity index (χ1) is 9.71. The van der Waals surface area contributed by atoms with E-state index >= 15 is 0 Å². The quantitative estimate of drug-likeness (QED) is 0.870. The van der Waals surface area contributed by atoms with Crippen molar-refractivity contribution >= 4 is 11.8 Å². The van der Waals surface area contributed by atoms with Gasteiger partial charge in [0.15, 0.2) is 0 Å². The number of aliphatic hydroxyl groups excluding tert-OH is 1. The molecule has 2 aliphatic rings. The molecule has 0 saturated heterocycles. The first-order valence-electron chi connectivity index (χ1n) is 7.82. The van der Waals surface area contributed by atoms with Crippen LogP contribution >= 0.6 is 11.8 Å². The molecule has 2 N–H and O–H groups in total. The Kier molecular flexibility index (Phi) is 4.39. The molecule has 0 radical (unpaired) electrons. The van der Waals surface area contributed by atoms with Crippen LogP contribution in [0.15, 0.2) is 29.2 Å². The molecule has 2 atom stereocenters. The molecule has 2 saturated carbocycles. The molecule has 0 spiro atoms. The van der Waals surface area contributed by atoms with Gasteiger partial charge in [0.25, 0.3) is 0 Å². The van der Waals surface area contributed by atoms with Crippen LogP contribution in [-0.2, 0) is 0 Å². The number of thioether (sulfide) groups is 1. The van der Waals surface area contributed by atoms with E-state index < -0.39 is 0 Å². The van der Waals surface area contributed by atoms with Gasteiger partial charge in [-0.15, -0.1) is 11.8 Å². The van der Waals surface area contributed by atoms with E-state index in [0.717, 1.165) is 12.8 Å². The maximum atomic E-state index is 9.88. The summed E-state index contributed by atoms with van der Waals surface area (Å²) in [6.07, 6.45) is 7.30. The van der Waals surface area contributed by atoms with E-state index in [4.69, 9.17) is 0 Å². The van der Waals surface area contributed by atoms with Crippen molar-refractivity contribution in [3.8, 4) is 0 Å². The zero-order valence-electron chi connectivity index (χ0n) is 12.3. The van der Waals surface area contributed by atoms with Crippen LogP contribution in [0.5, 0.6) is 0 Å². The average molecular weight is 291 g/mol. The molecule has 110 valence electrons. The van der Waals surface area contributed by atoms with Gasteiger partial charge in [-0.1, -0.05) is 24.6 Å². The number of hydrogen-bond donors (Lipinski definition) is 2. The number of hydrogen-bond acceptors (Lipinski definition) is 3. The topological polar surface area (TPSA) is 32.3 Å². The predicted molar refractivity (Wildman–Crippen MR) is 85.3 cm³/mol. The van der Waals surface area contributed by atoms with E-state index in [1.165, 1.54) is 36.1 Å². The average Bonchev–Trinajstić information content (AvgIpc) is 3.26. The summed E-state index contributed by atoms with van der Waals surface area (Å²) in [5.74, 6) is 0. The van der Waals surface area contributed by atoms with Gasteiger partial charge in [0.1, 0.15) is 0 Å². The summed E-state index contributed by atoms with van der Waals surface area (Å²) in [5.41, 5.74) is 1.35. The highest BCUT2D eigenvalue weighted by Gasteiger charge is 2.40. The van der Waals surface area contributed by atoms with Crippen LogP contribution in [0.1, 0.15) is 44.1 Å². The minimum Gasteiger partial charge on any atom is -0.394 e. The Morgan fingerprint density at radius 1 is 1.30 bits per heavy atom. The Labute approximate surface area is 126 Å². The van der Waals surface area contributed by atoms with Gasteiger partial charge in [-0.25, -0.2) is 0 Å². The number of rotatable bonds is 5. The predicted octanol–water partition coefficient (Wildman–Crippen LogP) is 3.51. The SMILES string of the molecule is Cc1ccccc1SC1CCCC(CO)(NC2CC2)C1. The van der Waals surface area contributed by atoms with E-state index in [0.29, 0.717) is 11.3 Å². The molecule has 1 aromatic carbocycles. The Hall–Kier alpha value is -0.510. The van der Waals surface area contributed by atoms with Crippen molar-refractivity contribution in [2.75, 3.05) is 6.61 Å². The van der Waals surface area contributed by atoms with Crippen molar-refractivity contribution in [3.05, 3.63) is 29.8 Å². The highest BCUT2D eigenvalue weighted by molar-refractivity contribution is 8.00. The molecule has 0 bridgehead atoms. The van der Waals surface area contributed by atoms with Gasteiger partial charge in [0.05, 0.1) is 6.61 Å². The smallest absolute Gasteiger partial charge is 0.0613 e. The third-order valence-corrected chi connectivity index (χ3v) is 6.03. The van der Waals surface area contributed by atoms with Gasteiger partial charge >= 0.3 is 0 Å². The van der Waals surface area contributed by atoms with Gasteiger partial charge in [-0.2, -0.15) is 0 Å². The van der Waals surface area contributed by atoms with E-state index in [2.05, 4.69) is 36.5 Å². The number of aryl methyl sites for hydroxylation is 1. The van der Waals surface area contributed by atoms with E-state index in [1.54, 1.807) is 0 Å². The Morgan fingerprint density at radius 3 is 2.80 bits per heavy atom. The molecule has 20 heavy (non-hydrogen) atoms. The lowest BCUT2D eigenvalue weighted by Crippen LogP contribution is -2.53. The second-order valence-corrected chi connectivity index (χ2v) is 7.80. The zero-order chi connectivity index (χ0) is 14.0. The van der Waals surface area contributed by atoms with E-state index in [9.17, 15) is 5.11 Å². The van der Waals surface area contributed by atoms with Crippen LogP contribution in [-0.4, -0.2) is 28.5 Å². The van der Waals surface area contributed by atoms with Crippen molar-refractivity contribution in [1.82, 2.24) is 5.32 Å². The highest BCUT2D eigenvalue weighted by atomic mass is 32.2. The van der Waals surface area contributed by atoms with Crippen LogP contribution in [0.4, 0.5) is 0 Å². The molecule has 3 heteroatoms. The van der Waals surface area contributed by atoms with Crippen molar-refractivity contribution in [2.45, 2.75) is 67.2 Å². The molecule has 0 amide bonds. The van der Waals surface area contributed by atoms with Gasteiger partial charge < -0.3 is 10.4 Å². The monoisotopic (exact) mass is 291 g/mol. The summed E-state index contributed by atoms with van der Waals surface area (Å²) in [7, 11) is 0. The molecule has 3 rings (SSSR count). The molecule has 2 nitrogen and oxygen atoms in total. The van der Waals surface area contributed by atoms with Gasteiger partial charge in [-0.05, 0) is 50.7 Å². The summed E-state index contributed by atoms with van der Waals surface area (Å²) < 4.78 is 0. The number of aliphatic hydroxyl groups is 1. The maximum absolute atomic E-state index is 9.88. The largest absolute Gasteiger partial charge is 0.394 e. The molecule has 0 heterocycles. The molecular weight excluding hydrogens is 266 g/mol. The van der Waals surface area contributed by atoms with Crippen LogP contribution < -0.4 is 5.32 Å². The molecule has 2 unspecified atom stereocenters. The van der Waals surface area contributed by atoms with Crippen molar-refractivity contribution in [1.29, 1.82) is 0 Å². The fourth-order valence-corrected chi connectivity index (χ4v) is 4.71. The molecule has 0 aliphatic heterocycles. The third kappa shape index (κ3) is 3.38. The Morgan fingerprint density at radius 2 is 2.10 bits per heavy atom. The molecule has 0 aromatic heterocycles. The lowest BCUT2D eigenvalue weighted by atomic mass is 9.82. The first-order valence-corrected chi connectivity index (χ1v) is 8.70. The minimum atomic E-state index is -0.0141. The second-order valence-electron chi connectivity index (χ2n) is 6.46. The van der Waals surface area contributed by atoms with Gasteiger partial charge in [0.2, 0.25) is 0 Å². The fourth-order valence-electron chi connectivity index (χ4n) is 3.26. The standard InChI is InChI=1S/C17H25NOS/c1-13-5-2-3-7-16(13)20-15-6-4-10-17(11-15,12-19)18-14-8-9-14/h2-3,5,7,14-15,18-19H,4,6,8-12H2,1H3. The summed E-state index contributed by atoms with van der Waals surface area (Å²) in [6, 6.07) is 9.31. The summed E-state index contributed by atoms with van der Waals surface area (Å²) in [6.45, 7) is 2.47. The highest BCUT2D eigenvalue weighted by Crippen LogP contribution is 2.40. The summed E-state index contributed by atoms with van der Waals surface area (Å²) >= 11 is 2.01. The summed E-state index contributed by atoms with van der Waals surface area (Å²) in [4.78, 5) is 1.40. The van der Waals surface area contributed by atoms with Crippen molar-refractivity contribution in [2.24, 2.45) is 0 Å². The van der Waals surface area contributed by atoms with Crippen molar-refractivity contribution in [3.63, 3.8) is 0 Å². The molecule has 2 aliphatic carbocycles. The van der Waals surface area contributed by atoms with Crippen LogP contribution in [0.3, 0.4) is 0 Å². The number of benzene rings is 1. The molecule has 2 fully saturated rings. The van der Waals surface area contributed by atoms with Crippen LogP contribution in [0.2, 0.25) is 0 Å². The molecular formula is C17H25NOS. The second kappa shape index (κ2) is 6.08.